The maximum Gasteiger partial charge on any atom is 0.148 e. The summed E-state index contributed by atoms with van der Waals surface area (Å²) in [5.74, 6) is 0. The second-order valence-electron chi connectivity index (χ2n) is 1.28. The largest absolute Gasteiger partial charge is 0.404 e. The molecule has 3 heteroatoms. The molecule has 0 aliphatic carbocycles. The first kappa shape index (κ1) is 5.82. The highest BCUT2D eigenvalue weighted by Crippen LogP contribution is 1.83. The van der Waals surface area contributed by atoms with E-state index in [1.54, 1.807) is 0 Å². The molecule has 0 aliphatic rings. The maximum atomic E-state index is 4.68. The van der Waals surface area contributed by atoms with Crippen molar-refractivity contribution in [2.45, 2.75) is 20.0 Å². The molecule has 0 fully saturated rings. The molecule has 0 radical (unpaired) electrons. The standard InChI is InChI=1S/C3H9NOSi/c1-3(2)5-4-6/h3H,6H2,1-2H3. The van der Waals surface area contributed by atoms with Gasteiger partial charge in [0.05, 0.1) is 0 Å². The Balaban J connectivity index is 2.81. The van der Waals surface area contributed by atoms with Crippen LogP contribution in [-0.4, -0.2) is 16.1 Å². The summed E-state index contributed by atoms with van der Waals surface area (Å²) >= 11 is 0. The third-order valence-corrected chi connectivity index (χ3v) is 0.434. The third-order valence-electron chi connectivity index (χ3n) is 0.285. The fourth-order valence-corrected chi connectivity index (χ4v) is 0.447. The molecule has 0 heterocycles. The molecular weight excluding hydrogens is 94.1 g/mol. The van der Waals surface area contributed by atoms with Crippen molar-refractivity contribution in [3.63, 3.8) is 0 Å². The van der Waals surface area contributed by atoms with Crippen molar-refractivity contribution in [1.29, 1.82) is 0 Å². The summed E-state index contributed by atoms with van der Waals surface area (Å²) in [4.78, 5) is 8.14. The fraction of sp³-hybridized carbons (Fsp3) is 1.00. The van der Waals surface area contributed by atoms with E-state index in [0.717, 1.165) is 0 Å². The monoisotopic (exact) mass is 103 g/mol. The molecule has 0 bridgehead atoms. The van der Waals surface area contributed by atoms with Crippen LogP contribution in [0.1, 0.15) is 13.8 Å². The Bertz CT molecular complexity index is 46.1. The first-order valence-electron chi connectivity index (χ1n) is 1.89. The molecule has 0 saturated carbocycles. The summed E-state index contributed by atoms with van der Waals surface area (Å²) in [6, 6.07) is 0. The van der Waals surface area contributed by atoms with E-state index in [1.165, 1.54) is 10.0 Å². The van der Waals surface area contributed by atoms with E-state index in [4.69, 9.17) is 0 Å². The Morgan fingerprint density at radius 2 is 2.17 bits per heavy atom. The smallest absolute Gasteiger partial charge is 0.148 e. The molecule has 0 unspecified atom stereocenters. The zero-order valence-corrected chi connectivity index (χ0v) is 5.55. The molecule has 0 aromatic rings. The van der Waals surface area contributed by atoms with Gasteiger partial charge in [0, 0.05) is 0 Å². The predicted molar refractivity (Wildman–Crippen MR) is 27.2 cm³/mol. The van der Waals surface area contributed by atoms with Crippen LogP contribution >= 0.6 is 0 Å². The van der Waals surface area contributed by atoms with Gasteiger partial charge in [-0.3, -0.25) is 0 Å². The quantitative estimate of drug-likeness (QED) is 0.360. The lowest BCUT2D eigenvalue weighted by molar-refractivity contribution is 0.0899. The van der Waals surface area contributed by atoms with Crippen LogP contribution in [0.3, 0.4) is 0 Å². The molecule has 0 amide bonds. The maximum absolute atomic E-state index is 4.68. The van der Waals surface area contributed by atoms with Gasteiger partial charge in [0.2, 0.25) is 0 Å². The van der Waals surface area contributed by atoms with Gasteiger partial charge in [0.1, 0.15) is 16.1 Å². The molecule has 2 nitrogen and oxygen atoms in total. The number of nitrogens with zero attached hydrogens (tertiary/aromatic N) is 1. The summed E-state index contributed by atoms with van der Waals surface area (Å²) in [5.41, 5.74) is 0. The molecule has 0 spiro atoms. The topological polar surface area (TPSA) is 21.6 Å². The Morgan fingerprint density at radius 1 is 1.67 bits per heavy atom. The minimum atomic E-state index is 0.238. The zero-order valence-electron chi connectivity index (χ0n) is 4.14. The Labute approximate surface area is 40.6 Å². The van der Waals surface area contributed by atoms with Crippen molar-refractivity contribution in [1.82, 2.24) is 0 Å². The number of hydrogen-bond acceptors (Lipinski definition) is 2. The molecule has 0 N–H and O–H groups in total. The Hall–Kier alpha value is -0.183. The second kappa shape index (κ2) is 3.02. The molecular formula is C3H9NOSi. The Morgan fingerprint density at radius 3 is 2.17 bits per heavy atom. The number of rotatable bonds is 2. The SMILES string of the molecule is CC(C)ON=[SiH2]. The van der Waals surface area contributed by atoms with Crippen molar-refractivity contribution in [3.05, 3.63) is 0 Å². The first-order chi connectivity index (χ1) is 2.77. The lowest BCUT2D eigenvalue weighted by atomic mass is 10.5. The van der Waals surface area contributed by atoms with Crippen LogP contribution in [0.25, 0.3) is 0 Å². The van der Waals surface area contributed by atoms with Gasteiger partial charge in [-0.1, -0.05) is 0 Å². The van der Waals surface area contributed by atoms with Crippen LogP contribution in [0.2, 0.25) is 0 Å². The van der Waals surface area contributed by atoms with Gasteiger partial charge < -0.3 is 4.84 Å². The second-order valence-corrected chi connectivity index (χ2v) is 1.54. The van der Waals surface area contributed by atoms with E-state index in [1.807, 2.05) is 13.8 Å². The summed E-state index contributed by atoms with van der Waals surface area (Å²) in [7, 11) is 1.46. The number of hydrogen-bond donors (Lipinski definition) is 0. The normalized spacial score (nSPS) is 8.50. The minimum absolute atomic E-state index is 0.238. The van der Waals surface area contributed by atoms with E-state index in [9.17, 15) is 0 Å². The van der Waals surface area contributed by atoms with Crippen LogP contribution in [0.4, 0.5) is 0 Å². The van der Waals surface area contributed by atoms with Crippen LogP contribution in [0, 0.1) is 0 Å². The highest BCUT2D eigenvalue weighted by Gasteiger charge is 1.82. The van der Waals surface area contributed by atoms with Gasteiger partial charge in [0.15, 0.2) is 0 Å². The van der Waals surface area contributed by atoms with Crippen LogP contribution in [0.15, 0.2) is 4.80 Å². The van der Waals surface area contributed by atoms with E-state index in [2.05, 4.69) is 9.64 Å². The summed E-state index contributed by atoms with van der Waals surface area (Å²) in [5, 5.41) is 0. The Kier molecular flexibility index (Phi) is 2.93. The molecule has 36 valence electrons. The lowest BCUT2D eigenvalue weighted by Gasteiger charge is -1.97. The van der Waals surface area contributed by atoms with E-state index < -0.39 is 0 Å². The summed E-state index contributed by atoms with van der Waals surface area (Å²) < 4.78 is 0. The predicted octanol–water partition coefficient (Wildman–Crippen LogP) is 0.143. The van der Waals surface area contributed by atoms with Gasteiger partial charge in [-0.25, -0.2) is 0 Å². The third kappa shape index (κ3) is 3.82. The molecule has 0 aliphatic heterocycles. The van der Waals surface area contributed by atoms with E-state index in [0.29, 0.717) is 0 Å². The fourth-order valence-electron chi connectivity index (χ4n) is 0.149. The average molecular weight is 103 g/mol. The van der Waals surface area contributed by atoms with Crippen molar-refractivity contribution in [2.75, 3.05) is 0 Å². The highest BCUT2D eigenvalue weighted by molar-refractivity contribution is 5.91. The minimum Gasteiger partial charge on any atom is -0.404 e. The summed E-state index contributed by atoms with van der Waals surface area (Å²) in [6.45, 7) is 3.88. The molecule has 0 aromatic carbocycles. The van der Waals surface area contributed by atoms with Gasteiger partial charge >= 0.3 is 0 Å². The van der Waals surface area contributed by atoms with E-state index >= 15 is 0 Å². The summed E-state index contributed by atoms with van der Waals surface area (Å²) in [6.07, 6.45) is 0.238. The van der Waals surface area contributed by atoms with Gasteiger partial charge in [-0.05, 0) is 13.8 Å². The molecule has 0 atom stereocenters. The van der Waals surface area contributed by atoms with Gasteiger partial charge in [0.25, 0.3) is 0 Å². The first-order valence-corrected chi connectivity index (χ1v) is 2.52. The lowest BCUT2D eigenvalue weighted by Crippen LogP contribution is -1.93. The van der Waals surface area contributed by atoms with Crippen LogP contribution in [0.5, 0.6) is 0 Å². The van der Waals surface area contributed by atoms with Crippen molar-refractivity contribution in [3.8, 4) is 0 Å². The van der Waals surface area contributed by atoms with Crippen LogP contribution in [-0.2, 0) is 4.84 Å². The van der Waals surface area contributed by atoms with E-state index in [-0.39, 0.29) is 6.10 Å². The van der Waals surface area contributed by atoms with Gasteiger partial charge in [-0.2, -0.15) is 4.80 Å². The highest BCUT2D eigenvalue weighted by atomic mass is 28.1. The molecule has 0 saturated heterocycles. The van der Waals surface area contributed by atoms with Gasteiger partial charge in [-0.15, -0.1) is 0 Å². The zero-order chi connectivity index (χ0) is 4.99. The molecule has 0 aromatic heterocycles. The van der Waals surface area contributed by atoms with Crippen LogP contribution < -0.4 is 0 Å². The average Bonchev–Trinajstić information content (AvgIpc) is 1.35. The molecule has 6 heavy (non-hydrogen) atoms. The van der Waals surface area contributed by atoms with Crippen molar-refractivity contribution < 1.29 is 4.84 Å². The van der Waals surface area contributed by atoms with Crippen molar-refractivity contribution in [2.24, 2.45) is 4.80 Å². The molecule has 0 rings (SSSR count). The van der Waals surface area contributed by atoms with Crippen molar-refractivity contribution >= 4 is 10.0 Å².